The number of rotatable bonds is 4. The topological polar surface area (TPSA) is 33.0 Å². The van der Waals surface area contributed by atoms with Crippen molar-refractivity contribution >= 4 is 0 Å². The molecule has 0 N–H and O–H groups in total. The minimum atomic E-state index is -4.67. The van der Waals surface area contributed by atoms with Gasteiger partial charge in [-0.2, -0.15) is 5.26 Å². The molecule has 0 heterocycles. The molecule has 0 aliphatic rings. The van der Waals surface area contributed by atoms with Crippen LogP contribution < -0.4 is 4.74 Å². The standard InChI is InChI=1S/C13H14F3NO/c1-3-12(2,9-17)8-10-4-6-11(7-5-10)18-13(14,15)16/h4-7H,3,8H2,1-2H3. The normalized spacial score (nSPS) is 14.7. The first-order valence-electron chi connectivity index (χ1n) is 5.54. The van der Waals surface area contributed by atoms with E-state index in [1.54, 1.807) is 12.1 Å². The average molecular weight is 257 g/mol. The van der Waals surface area contributed by atoms with Crippen molar-refractivity contribution in [1.29, 1.82) is 5.26 Å². The molecule has 2 nitrogen and oxygen atoms in total. The Morgan fingerprint density at radius 3 is 2.17 bits per heavy atom. The third kappa shape index (κ3) is 4.28. The summed E-state index contributed by atoms with van der Waals surface area (Å²) in [4.78, 5) is 0. The van der Waals surface area contributed by atoms with Gasteiger partial charge in [0, 0.05) is 0 Å². The Bertz CT molecular complexity index is 433. The maximum Gasteiger partial charge on any atom is 0.573 e. The molecule has 0 amide bonds. The maximum absolute atomic E-state index is 12.0. The quantitative estimate of drug-likeness (QED) is 0.814. The molecule has 0 saturated carbocycles. The Morgan fingerprint density at radius 1 is 1.22 bits per heavy atom. The van der Waals surface area contributed by atoms with Gasteiger partial charge in [0.1, 0.15) is 5.75 Å². The Labute approximate surface area is 104 Å². The van der Waals surface area contributed by atoms with Crippen LogP contribution >= 0.6 is 0 Å². The SMILES string of the molecule is CCC(C)(C#N)Cc1ccc(OC(F)(F)F)cc1. The van der Waals surface area contributed by atoms with Crippen LogP contribution in [0.4, 0.5) is 13.2 Å². The molecule has 0 aliphatic carbocycles. The van der Waals surface area contributed by atoms with E-state index in [0.717, 1.165) is 5.56 Å². The molecule has 1 rings (SSSR count). The van der Waals surface area contributed by atoms with Gasteiger partial charge in [-0.05, 0) is 37.5 Å². The number of ether oxygens (including phenoxy) is 1. The van der Waals surface area contributed by atoms with Gasteiger partial charge in [0.2, 0.25) is 0 Å². The van der Waals surface area contributed by atoms with Crippen molar-refractivity contribution in [1.82, 2.24) is 0 Å². The third-order valence-electron chi connectivity index (χ3n) is 2.80. The molecule has 18 heavy (non-hydrogen) atoms. The first kappa shape index (κ1) is 14.4. The van der Waals surface area contributed by atoms with E-state index < -0.39 is 11.8 Å². The lowest BCUT2D eigenvalue weighted by Gasteiger charge is -2.19. The van der Waals surface area contributed by atoms with Crippen LogP contribution in [0.15, 0.2) is 24.3 Å². The third-order valence-corrected chi connectivity index (χ3v) is 2.80. The lowest BCUT2D eigenvalue weighted by molar-refractivity contribution is -0.274. The van der Waals surface area contributed by atoms with Crippen LogP contribution in [0, 0.1) is 16.7 Å². The predicted octanol–water partition coefficient (Wildman–Crippen LogP) is 4.07. The summed E-state index contributed by atoms with van der Waals surface area (Å²) < 4.78 is 39.6. The molecule has 1 aromatic carbocycles. The van der Waals surface area contributed by atoms with E-state index in [0.29, 0.717) is 12.8 Å². The summed E-state index contributed by atoms with van der Waals surface area (Å²) in [6.07, 6.45) is -3.48. The molecule has 0 fully saturated rings. The molecule has 1 unspecified atom stereocenters. The summed E-state index contributed by atoms with van der Waals surface area (Å²) >= 11 is 0. The molecule has 5 heteroatoms. The van der Waals surface area contributed by atoms with Crippen molar-refractivity contribution in [2.75, 3.05) is 0 Å². The molecule has 1 atom stereocenters. The van der Waals surface area contributed by atoms with Crippen LogP contribution in [-0.4, -0.2) is 6.36 Å². The summed E-state index contributed by atoms with van der Waals surface area (Å²) in [5.41, 5.74) is 0.322. The molecule has 0 saturated heterocycles. The summed E-state index contributed by atoms with van der Waals surface area (Å²) in [6.45, 7) is 3.73. The Morgan fingerprint density at radius 2 is 1.78 bits per heavy atom. The Balaban J connectivity index is 2.75. The highest BCUT2D eigenvalue weighted by Gasteiger charge is 2.31. The van der Waals surface area contributed by atoms with Crippen LogP contribution in [0.25, 0.3) is 0 Å². The first-order valence-corrected chi connectivity index (χ1v) is 5.54. The minimum absolute atomic E-state index is 0.249. The highest BCUT2D eigenvalue weighted by Crippen LogP contribution is 2.27. The van der Waals surface area contributed by atoms with Crippen LogP contribution in [0.1, 0.15) is 25.8 Å². The van der Waals surface area contributed by atoms with E-state index in [-0.39, 0.29) is 5.75 Å². The van der Waals surface area contributed by atoms with E-state index in [1.165, 1.54) is 12.1 Å². The second kappa shape index (κ2) is 5.30. The molecule has 0 aliphatic heterocycles. The lowest BCUT2D eigenvalue weighted by Crippen LogP contribution is -2.17. The van der Waals surface area contributed by atoms with Gasteiger partial charge < -0.3 is 4.74 Å². The van der Waals surface area contributed by atoms with Gasteiger partial charge in [-0.25, -0.2) is 0 Å². The summed E-state index contributed by atoms with van der Waals surface area (Å²) in [5.74, 6) is -0.249. The van der Waals surface area contributed by atoms with Crippen LogP contribution in [-0.2, 0) is 6.42 Å². The van der Waals surface area contributed by atoms with E-state index in [9.17, 15) is 13.2 Å². The molecule has 98 valence electrons. The maximum atomic E-state index is 12.0. The summed E-state index contributed by atoms with van der Waals surface area (Å²) in [7, 11) is 0. The minimum Gasteiger partial charge on any atom is -0.406 e. The fraction of sp³-hybridized carbons (Fsp3) is 0.462. The average Bonchev–Trinajstić information content (AvgIpc) is 2.30. The van der Waals surface area contributed by atoms with E-state index in [4.69, 9.17) is 5.26 Å². The van der Waals surface area contributed by atoms with Gasteiger partial charge >= 0.3 is 6.36 Å². The second-order valence-electron chi connectivity index (χ2n) is 4.39. The highest BCUT2D eigenvalue weighted by molar-refractivity contribution is 5.28. The van der Waals surface area contributed by atoms with Crippen LogP contribution in [0.3, 0.4) is 0 Å². The largest absolute Gasteiger partial charge is 0.573 e. The monoisotopic (exact) mass is 257 g/mol. The summed E-state index contributed by atoms with van der Waals surface area (Å²) in [5, 5.41) is 9.03. The number of hydrogen-bond acceptors (Lipinski definition) is 2. The lowest BCUT2D eigenvalue weighted by atomic mass is 9.83. The fourth-order valence-electron chi connectivity index (χ4n) is 1.50. The Kier molecular flexibility index (Phi) is 4.23. The van der Waals surface area contributed by atoms with E-state index >= 15 is 0 Å². The van der Waals surface area contributed by atoms with Gasteiger partial charge in [0.05, 0.1) is 11.5 Å². The fourth-order valence-corrected chi connectivity index (χ4v) is 1.50. The van der Waals surface area contributed by atoms with Crippen LogP contribution in [0.2, 0.25) is 0 Å². The van der Waals surface area contributed by atoms with E-state index in [2.05, 4.69) is 10.8 Å². The Hall–Kier alpha value is -1.70. The van der Waals surface area contributed by atoms with Gasteiger partial charge in [-0.15, -0.1) is 13.2 Å². The van der Waals surface area contributed by atoms with Crippen molar-refractivity contribution in [2.45, 2.75) is 33.1 Å². The van der Waals surface area contributed by atoms with Crippen molar-refractivity contribution in [3.8, 4) is 11.8 Å². The number of alkyl halides is 3. The molecular weight excluding hydrogens is 243 g/mol. The number of benzene rings is 1. The van der Waals surface area contributed by atoms with Crippen molar-refractivity contribution in [3.63, 3.8) is 0 Å². The second-order valence-corrected chi connectivity index (χ2v) is 4.39. The smallest absolute Gasteiger partial charge is 0.406 e. The number of nitrogens with zero attached hydrogens (tertiary/aromatic N) is 1. The zero-order chi connectivity index (χ0) is 13.8. The van der Waals surface area contributed by atoms with Crippen molar-refractivity contribution < 1.29 is 17.9 Å². The molecule has 0 radical (unpaired) electrons. The zero-order valence-electron chi connectivity index (χ0n) is 10.2. The van der Waals surface area contributed by atoms with E-state index in [1.807, 2.05) is 13.8 Å². The molecule has 1 aromatic rings. The molecule has 0 aromatic heterocycles. The molecule has 0 bridgehead atoms. The van der Waals surface area contributed by atoms with Crippen LogP contribution in [0.5, 0.6) is 5.75 Å². The molecular formula is C13H14F3NO. The number of halogens is 3. The van der Waals surface area contributed by atoms with Gasteiger partial charge in [-0.3, -0.25) is 0 Å². The first-order chi connectivity index (χ1) is 8.28. The number of nitriles is 1. The van der Waals surface area contributed by atoms with Gasteiger partial charge in [-0.1, -0.05) is 19.1 Å². The highest BCUT2D eigenvalue weighted by atomic mass is 19.4. The predicted molar refractivity (Wildman–Crippen MR) is 60.8 cm³/mol. The number of hydrogen-bond donors (Lipinski definition) is 0. The van der Waals surface area contributed by atoms with Crippen molar-refractivity contribution in [2.24, 2.45) is 5.41 Å². The van der Waals surface area contributed by atoms with Gasteiger partial charge in [0.25, 0.3) is 0 Å². The summed E-state index contributed by atoms with van der Waals surface area (Å²) in [6, 6.07) is 7.83. The molecule has 0 spiro atoms. The zero-order valence-corrected chi connectivity index (χ0v) is 10.2. The van der Waals surface area contributed by atoms with Crippen molar-refractivity contribution in [3.05, 3.63) is 29.8 Å². The van der Waals surface area contributed by atoms with Gasteiger partial charge in [0.15, 0.2) is 0 Å².